The van der Waals surface area contributed by atoms with Crippen molar-refractivity contribution in [3.63, 3.8) is 0 Å². The van der Waals surface area contributed by atoms with E-state index in [0.717, 1.165) is 0 Å². The predicted octanol–water partition coefficient (Wildman–Crippen LogP) is 1.08. The first-order valence-corrected chi connectivity index (χ1v) is 5.92. The average Bonchev–Trinajstić information content (AvgIpc) is 2.21. The molecule has 0 unspecified atom stereocenters. The molecule has 0 saturated heterocycles. The normalized spacial score (nSPS) is 10.0. The standard InChI is InChI=1S/C10H15BrO5/c1-7(12)15-5-9(3-10(14)4-11)6-16-8(2)13/h9H,3-6H2,1-2H3. The van der Waals surface area contributed by atoms with Crippen LogP contribution >= 0.6 is 15.9 Å². The molecule has 0 radical (unpaired) electrons. The van der Waals surface area contributed by atoms with Crippen molar-refractivity contribution in [2.45, 2.75) is 20.3 Å². The molecule has 0 saturated carbocycles. The highest BCUT2D eigenvalue weighted by Gasteiger charge is 2.16. The summed E-state index contributed by atoms with van der Waals surface area (Å²) in [7, 11) is 0. The third kappa shape index (κ3) is 8.40. The van der Waals surface area contributed by atoms with E-state index in [1.54, 1.807) is 0 Å². The quantitative estimate of drug-likeness (QED) is 0.519. The van der Waals surface area contributed by atoms with Gasteiger partial charge in [-0.3, -0.25) is 14.4 Å². The van der Waals surface area contributed by atoms with Crippen LogP contribution in [-0.4, -0.2) is 36.3 Å². The van der Waals surface area contributed by atoms with Gasteiger partial charge in [-0.05, 0) is 0 Å². The molecule has 0 aliphatic carbocycles. The Hall–Kier alpha value is -0.910. The molecule has 0 aliphatic heterocycles. The number of hydrogen-bond acceptors (Lipinski definition) is 5. The van der Waals surface area contributed by atoms with Gasteiger partial charge in [0.05, 0.1) is 18.5 Å². The number of halogens is 1. The van der Waals surface area contributed by atoms with Gasteiger partial charge in [0.1, 0.15) is 5.78 Å². The number of Topliss-reactive ketones (excluding diaryl/α,β-unsaturated/α-hetero) is 1. The number of carbonyl (C=O) groups excluding carboxylic acids is 3. The Morgan fingerprint density at radius 2 is 1.50 bits per heavy atom. The molecule has 0 rings (SSSR count). The van der Waals surface area contributed by atoms with E-state index in [1.165, 1.54) is 13.8 Å². The Balaban J connectivity index is 4.09. The second-order valence-corrected chi connectivity index (χ2v) is 3.91. The van der Waals surface area contributed by atoms with Crippen LogP contribution in [0.2, 0.25) is 0 Å². The lowest BCUT2D eigenvalue weighted by Gasteiger charge is -2.14. The number of ether oxygens (including phenoxy) is 2. The summed E-state index contributed by atoms with van der Waals surface area (Å²) in [6, 6.07) is 0. The SMILES string of the molecule is CC(=O)OCC(COC(C)=O)CC(=O)CBr. The molecular formula is C10H15BrO5. The summed E-state index contributed by atoms with van der Waals surface area (Å²) in [6.45, 7) is 2.74. The zero-order chi connectivity index (χ0) is 12.6. The van der Waals surface area contributed by atoms with E-state index in [9.17, 15) is 14.4 Å². The lowest BCUT2D eigenvalue weighted by molar-refractivity contribution is -0.147. The van der Waals surface area contributed by atoms with Crippen molar-refractivity contribution >= 4 is 33.7 Å². The van der Waals surface area contributed by atoms with Crippen molar-refractivity contribution in [3.05, 3.63) is 0 Å². The number of hydrogen-bond donors (Lipinski definition) is 0. The van der Waals surface area contributed by atoms with Gasteiger partial charge < -0.3 is 9.47 Å². The molecule has 0 amide bonds. The minimum absolute atomic E-state index is 0.0238. The summed E-state index contributed by atoms with van der Waals surface area (Å²) in [5, 5.41) is 0.240. The monoisotopic (exact) mass is 294 g/mol. The van der Waals surface area contributed by atoms with Crippen LogP contribution in [0.4, 0.5) is 0 Å². The summed E-state index contributed by atoms with van der Waals surface area (Å²) in [4.78, 5) is 32.4. The van der Waals surface area contributed by atoms with Gasteiger partial charge in [-0.25, -0.2) is 0 Å². The van der Waals surface area contributed by atoms with Crippen molar-refractivity contribution in [2.75, 3.05) is 18.5 Å². The fraction of sp³-hybridized carbons (Fsp3) is 0.700. The first-order valence-electron chi connectivity index (χ1n) is 4.80. The van der Waals surface area contributed by atoms with Crippen LogP contribution in [-0.2, 0) is 23.9 Å². The average molecular weight is 295 g/mol. The highest BCUT2D eigenvalue weighted by atomic mass is 79.9. The van der Waals surface area contributed by atoms with Crippen LogP contribution in [0.3, 0.4) is 0 Å². The fourth-order valence-electron chi connectivity index (χ4n) is 1.01. The highest BCUT2D eigenvalue weighted by molar-refractivity contribution is 9.09. The zero-order valence-corrected chi connectivity index (χ0v) is 10.9. The number of carbonyl (C=O) groups is 3. The molecule has 0 N–H and O–H groups in total. The Labute approximate surface area is 103 Å². The van der Waals surface area contributed by atoms with Crippen LogP contribution in [0.25, 0.3) is 0 Å². The summed E-state index contributed by atoms with van der Waals surface area (Å²) >= 11 is 3.04. The van der Waals surface area contributed by atoms with Crippen molar-refractivity contribution in [1.82, 2.24) is 0 Å². The first kappa shape index (κ1) is 15.1. The number of esters is 2. The molecule has 0 atom stereocenters. The molecule has 0 aromatic rings. The molecule has 0 heterocycles. The van der Waals surface area contributed by atoms with Crippen LogP contribution in [0, 0.1) is 5.92 Å². The minimum Gasteiger partial charge on any atom is -0.465 e. The third-order valence-corrected chi connectivity index (χ3v) is 2.34. The van der Waals surface area contributed by atoms with E-state index in [4.69, 9.17) is 9.47 Å². The molecule has 0 aromatic carbocycles. The van der Waals surface area contributed by atoms with Gasteiger partial charge in [0, 0.05) is 26.2 Å². The van der Waals surface area contributed by atoms with Gasteiger partial charge in [0.25, 0.3) is 0 Å². The first-order chi connectivity index (χ1) is 7.45. The zero-order valence-electron chi connectivity index (χ0n) is 9.32. The van der Waals surface area contributed by atoms with E-state index in [2.05, 4.69) is 15.9 Å². The summed E-state index contributed by atoms with van der Waals surface area (Å²) in [6.07, 6.45) is 0.214. The van der Waals surface area contributed by atoms with Crippen LogP contribution in [0.15, 0.2) is 0 Å². The van der Waals surface area contributed by atoms with Crippen molar-refractivity contribution in [1.29, 1.82) is 0 Å². The molecule has 6 heteroatoms. The Bertz CT molecular complexity index is 246. The maximum atomic E-state index is 11.2. The van der Waals surface area contributed by atoms with Crippen LogP contribution in [0.1, 0.15) is 20.3 Å². The topological polar surface area (TPSA) is 69.7 Å². The molecule has 0 aromatic heterocycles. The van der Waals surface area contributed by atoms with E-state index in [1.807, 2.05) is 0 Å². The Morgan fingerprint density at radius 3 is 1.81 bits per heavy atom. The van der Waals surface area contributed by atoms with Gasteiger partial charge in [0.15, 0.2) is 0 Å². The van der Waals surface area contributed by atoms with E-state index >= 15 is 0 Å². The Morgan fingerprint density at radius 1 is 1.06 bits per heavy atom. The summed E-state index contributed by atoms with van der Waals surface area (Å²) in [5.41, 5.74) is 0. The predicted molar refractivity (Wildman–Crippen MR) is 60.2 cm³/mol. The second kappa shape index (κ2) is 8.27. The van der Waals surface area contributed by atoms with Gasteiger partial charge >= 0.3 is 11.9 Å². The number of alkyl halides is 1. The fourth-order valence-corrected chi connectivity index (χ4v) is 1.24. The minimum atomic E-state index is -0.417. The Kier molecular flexibility index (Phi) is 7.80. The summed E-state index contributed by atoms with van der Waals surface area (Å²) in [5.74, 6) is -1.14. The van der Waals surface area contributed by atoms with Crippen LogP contribution < -0.4 is 0 Å². The second-order valence-electron chi connectivity index (χ2n) is 3.35. The van der Waals surface area contributed by atoms with Gasteiger partial charge in [-0.2, -0.15) is 0 Å². The molecule has 5 nitrogen and oxygen atoms in total. The lowest BCUT2D eigenvalue weighted by atomic mass is 10.1. The smallest absolute Gasteiger partial charge is 0.302 e. The maximum Gasteiger partial charge on any atom is 0.302 e. The number of ketones is 1. The highest BCUT2D eigenvalue weighted by Crippen LogP contribution is 2.07. The molecule has 0 bridgehead atoms. The van der Waals surface area contributed by atoms with Crippen molar-refractivity contribution in [3.8, 4) is 0 Å². The summed E-state index contributed by atoms with van der Waals surface area (Å²) < 4.78 is 9.57. The molecule has 0 fully saturated rings. The van der Waals surface area contributed by atoms with Crippen molar-refractivity contribution in [2.24, 2.45) is 5.92 Å². The van der Waals surface area contributed by atoms with Crippen molar-refractivity contribution < 1.29 is 23.9 Å². The molecular weight excluding hydrogens is 280 g/mol. The molecule has 0 aliphatic rings. The lowest BCUT2D eigenvalue weighted by Crippen LogP contribution is -2.22. The largest absolute Gasteiger partial charge is 0.465 e. The van der Waals surface area contributed by atoms with E-state index in [0.29, 0.717) is 0 Å². The molecule has 16 heavy (non-hydrogen) atoms. The van der Waals surface area contributed by atoms with E-state index in [-0.39, 0.29) is 36.7 Å². The number of rotatable bonds is 7. The van der Waals surface area contributed by atoms with Gasteiger partial charge in [0.2, 0.25) is 0 Å². The molecule has 0 spiro atoms. The van der Waals surface area contributed by atoms with E-state index < -0.39 is 11.9 Å². The van der Waals surface area contributed by atoms with Gasteiger partial charge in [-0.1, -0.05) is 15.9 Å². The third-order valence-electron chi connectivity index (χ3n) is 1.71. The van der Waals surface area contributed by atoms with Crippen LogP contribution in [0.5, 0.6) is 0 Å². The van der Waals surface area contributed by atoms with Gasteiger partial charge in [-0.15, -0.1) is 0 Å². The molecule has 92 valence electrons. The maximum absolute atomic E-state index is 11.2.